The summed E-state index contributed by atoms with van der Waals surface area (Å²) in [5.41, 5.74) is 0.736. The molecule has 0 N–H and O–H groups in total. The summed E-state index contributed by atoms with van der Waals surface area (Å²) in [5, 5.41) is 19.0. The molecule has 0 unspecified atom stereocenters. The second-order valence-electron chi connectivity index (χ2n) is 6.94. The maximum absolute atomic E-state index is 13.2. The molecule has 2 aromatic carbocycles. The average Bonchev–Trinajstić information content (AvgIpc) is 3.25. The number of carbonyl (C=O) groups is 1. The van der Waals surface area contributed by atoms with Crippen molar-refractivity contribution in [3.63, 3.8) is 0 Å². The van der Waals surface area contributed by atoms with E-state index in [4.69, 9.17) is 13.9 Å². The maximum Gasteiger partial charge on any atom is 0.270 e. The normalized spacial score (nSPS) is 10.7. The topological polar surface area (TPSA) is 121 Å². The Labute approximate surface area is 178 Å². The number of carbonyl (C=O) groups excluding carboxylic acids is 1. The fraction of sp³-hybridized carbons (Fsp3) is 0.286. The Bertz CT molecular complexity index is 1070. The van der Waals surface area contributed by atoms with Crippen molar-refractivity contribution in [3.8, 4) is 23.0 Å². The number of nitro benzene ring substituents is 1. The van der Waals surface area contributed by atoms with Gasteiger partial charge in [0.05, 0.1) is 25.7 Å². The first-order valence-electron chi connectivity index (χ1n) is 9.43. The van der Waals surface area contributed by atoms with Gasteiger partial charge in [0.25, 0.3) is 11.6 Å². The van der Waals surface area contributed by atoms with Gasteiger partial charge < -0.3 is 18.8 Å². The summed E-state index contributed by atoms with van der Waals surface area (Å²) in [7, 11) is 3.02. The molecule has 3 rings (SSSR count). The first kappa shape index (κ1) is 21.8. The molecular weight excluding hydrogens is 404 g/mol. The predicted octanol–water partition coefficient (Wildman–Crippen LogP) is 3.71. The van der Waals surface area contributed by atoms with Crippen molar-refractivity contribution in [2.75, 3.05) is 14.2 Å². The number of amides is 1. The molecule has 0 aliphatic rings. The predicted molar refractivity (Wildman–Crippen MR) is 111 cm³/mol. The van der Waals surface area contributed by atoms with Crippen molar-refractivity contribution in [1.29, 1.82) is 0 Å². The van der Waals surface area contributed by atoms with E-state index in [1.165, 1.54) is 32.4 Å². The number of hydrogen-bond donors (Lipinski definition) is 0. The van der Waals surface area contributed by atoms with E-state index in [2.05, 4.69) is 10.2 Å². The van der Waals surface area contributed by atoms with Gasteiger partial charge in [-0.05, 0) is 32.0 Å². The molecule has 10 heteroatoms. The van der Waals surface area contributed by atoms with Crippen molar-refractivity contribution in [2.45, 2.75) is 26.4 Å². The van der Waals surface area contributed by atoms with Gasteiger partial charge in [-0.2, -0.15) is 0 Å². The van der Waals surface area contributed by atoms with Crippen LogP contribution in [0.25, 0.3) is 11.5 Å². The smallest absolute Gasteiger partial charge is 0.270 e. The second kappa shape index (κ2) is 9.24. The SMILES string of the molecule is COc1cc(OC)cc(C(=O)N(Cc2nnc(-c3cccc([N+](=O)[O-])c3)o2)C(C)C)c1. The van der Waals surface area contributed by atoms with Crippen LogP contribution < -0.4 is 9.47 Å². The molecule has 162 valence electrons. The van der Waals surface area contributed by atoms with Crippen LogP contribution in [-0.2, 0) is 6.54 Å². The van der Waals surface area contributed by atoms with Crippen LogP contribution in [-0.4, -0.2) is 46.2 Å². The highest BCUT2D eigenvalue weighted by Crippen LogP contribution is 2.26. The highest BCUT2D eigenvalue weighted by molar-refractivity contribution is 5.95. The van der Waals surface area contributed by atoms with Crippen LogP contribution in [0, 0.1) is 10.1 Å². The van der Waals surface area contributed by atoms with E-state index in [1.807, 2.05) is 13.8 Å². The largest absolute Gasteiger partial charge is 0.497 e. The van der Waals surface area contributed by atoms with Crippen LogP contribution in [0.15, 0.2) is 46.9 Å². The summed E-state index contributed by atoms with van der Waals surface area (Å²) in [6, 6.07) is 10.7. The Morgan fingerprint density at radius 3 is 2.39 bits per heavy atom. The van der Waals surface area contributed by atoms with Crippen LogP contribution in [0.3, 0.4) is 0 Å². The molecule has 0 aliphatic heterocycles. The molecule has 1 amide bonds. The van der Waals surface area contributed by atoms with Crippen LogP contribution in [0.2, 0.25) is 0 Å². The van der Waals surface area contributed by atoms with Gasteiger partial charge >= 0.3 is 0 Å². The zero-order valence-corrected chi connectivity index (χ0v) is 17.6. The Morgan fingerprint density at radius 2 is 1.81 bits per heavy atom. The average molecular weight is 426 g/mol. The molecule has 1 aromatic heterocycles. The van der Waals surface area contributed by atoms with E-state index in [-0.39, 0.29) is 36.0 Å². The third-order valence-corrected chi connectivity index (χ3v) is 4.56. The van der Waals surface area contributed by atoms with E-state index >= 15 is 0 Å². The molecule has 0 spiro atoms. The summed E-state index contributed by atoms with van der Waals surface area (Å²) in [6.45, 7) is 3.80. The van der Waals surface area contributed by atoms with Crippen molar-refractivity contribution in [2.24, 2.45) is 0 Å². The number of ether oxygens (including phenoxy) is 2. The summed E-state index contributed by atoms with van der Waals surface area (Å²) < 4.78 is 16.2. The van der Waals surface area contributed by atoms with E-state index in [0.717, 1.165) is 0 Å². The number of nitrogens with zero attached hydrogens (tertiary/aromatic N) is 4. The number of aromatic nitrogens is 2. The third-order valence-electron chi connectivity index (χ3n) is 4.56. The summed E-state index contributed by atoms with van der Waals surface area (Å²) in [4.78, 5) is 25.2. The van der Waals surface area contributed by atoms with Crippen molar-refractivity contribution >= 4 is 11.6 Å². The van der Waals surface area contributed by atoms with Gasteiger partial charge in [-0.15, -0.1) is 10.2 Å². The first-order chi connectivity index (χ1) is 14.8. The molecule has 0 fully saturated rings. The molecule has 31 heavy (non-hydrogen) atoms. The summed E-state index contributed by atoms with van der Waals surface area (Å²) >= 11 is 0. The minimum atomic E-state index is -0.498. The molecule has 0 radical (unpaired) electrons. The molecule has 0 saturated heterocycles. The van der Waals surface area contributed by atoms with Gasteiger partial charge in [0.15, 0.2) is 0 Å². The van der Waals surface area contributed by atoms with Crippen LogP contribution in [0.4, 0.5) is 5.69 Å². The van der Waals surface area contributed by atoms with E-state index in [9.17, 15) is 14.9 Å². The molecule has 0 atom stereocenters. The minimum absolute atomic E-state index is 0.0674. The summed E-state index contributed by atoms with van der Waals surface area (Å²) in [6.07, 6.45) is 0. The number of non-ortho nitro benzene ring substituents is 1. The third kappa shape index (κ3) is 4.97. The van der Waals surface area contributed by atoms with Crippen molar-refractivity contribution in [3.05, 3.63) is 64.0 Å². The lowest BCUT2D eigenvalue weighted by Gasteiger charge is -2.25. The van der Waals surface area contributed by atoms with Crippen LogP contribution >= 0.6 is 0 Å². The molecule has 3 aromatic rings. The van der Waals surface area contributed by atoms with E-state index in [1.54, 1.807) is 29.2 Å². The van der Waals surface area contributed by atoms with Crippen LogP contribution in [0.5, 0.6) is 11.5 Å². The van der Waals surface area contributed by atoms with Gasteiger partial charge in [-0.1, -0.05) is 6.07 Å². The fourth-order valence-electron chi connectivity index (χ4n) is 2.92. The highest BCUT2D eigenvalue weighted by Gasteiger charge is 2.23. The lowest BCUT2D eigenvalue weighted by Crippen LogP contribution is -2.36. The van der Waals surface area contributed by atoms with Gasteiger partial charge in [0.2, 0.25) is 11.8 Å². The lowest BCUT2D eigenvalue weighted by atomic mass is 10.1. The number of methoxy groups -OCH3 is 2. The van der Waals surface area contributed by atoms with Gasteiger partial charge in [0.1, 0.15) is 11.5 Å². The number of nitro groups is 1. The standard InChI is InChI=1S/C21H22N4O6/c1-13(2)24(21(26)15-9-17(29-3)11-18(10-15)30-4)12-19-22-23-20(31-19)14-6-5-7-16(8-14)25(27)28/h5-11,13H,12H2,1-4H3. The molecule has 1 heterocycles. The molecular formula is C21H22N4O6. The number of hydrogen-bond acceptors (Lipinski definition) is 8. The fourth-order valence-corrected chi connectivity index (χ4v) is 2.92. The van der Waals surface area contributed by atoms with Crippen molar-refractivity contribution < 1.29 is 23.6 Å². The lowest BCUT2D eigenvalue weighted by molar-refractivity contribution is -0.384. The Balaban J connectivity index is 1.85. The molecule has 0 aliphatic carbocycles. The van der Waals surface area contributed by atoms with E-state index in [0.29, 0.717) is 22.6 Å². The number of rotatable bonds is 8. The summed E-state index contributed by atoms with van der Waals surface area (Å²) in [5.74, 6) is 1.08. The zero-order valence-electron chi connectivity index (χ0n) is 17.6. The van der Waals surface area contributed by atoms with Crippen molar-refractivity contribution in [1.82, 2.24) is 15.1 Å². The second-order valence-corrected chi connectivity index (χ2v) is 6.94. The minimum Gasteiger partial charge on any atom is -0.497 e. The highest BCUT2D eigenvalue weighted by atomic mass is 16.6. The monoisotopic (exact) mass is 426 g/mol. The molecule has 0 saturated carbocycles. The Kier molecular flexibility index (Phi) is 6.49. The van der Waals surface area contributed by atoms with Gasteiger partial charge in [-0.25, -0.2) is 0 Å². The van der Waals surface area contributed by atoms with E-state index < -0.39 is 4.92 Å². The van der Waals surface area contributed by atoms with Crippen LogP contribution in [0.1, 0.15) is 30.1 Å². The molecule has 0 bridgehead atoms. The molecule has 10 nitrogen and oxygen atoms in total. The van der Waals surface area contributed by atoms with Gasteiger partial charge in [-0.3, -0.25) is 14.9 Å². The first-order valence-corrected chi connectivity index (χ1v) is 9.43. The van der Waals surface area contributed by atoms with Gasteiger partial charge in [0, 0.05) is 35.4 Å². The zero-order chi connectivity index (χ0) is 22.5. The maximum atomic E-state index is 13.2. The Hall–Kier alpha value is -3.95. The number of benzene rings is 2. The Morgan fingerprint density at radius 1 is 1.13 bits per heavy atom. The quantitative estimate of drug-likeness (QED) is 0.395.